The van der Waals surface area contributed by atoms with E-state index in [-0.39, 0.29) is 23.4 Å². The first-order valence-electron chi connectivity index (χ1n) is 8.81. The zero-order valence-electron chi connectivity index (χ0n) is 15.0. The average Bonchev–Trinajstić information content (AvgIpc) is 2.98. The van der Waals surface area contributed by atoms with Gasteiger partial charge in [0, 0.05) is 21.1 Å². The van der Waals surface area contributed by atoms with E-state index < -0.39 is 23.5 Å². The fourth-order valence-corrected chi connectivity index (χ4v) is 3.77. The second-order valence-electron chi connectivity index (χ2n) is 6.68. The lowest BCUT2D eigenvalue weighted by Gasteiger charge is -2.14. The van der Waals surface area contributed by atoms with Gasteiger partial charge in [-0.3, -0.25) is 0 Å². The number of rotatable bonds is 5. The van der Waals surface area contributed by atoms with Crippen molar-refractivity contribution in [2.24, 2.45) is 5.73 Å². The van der Waals surface area contributed by atoms with Gasteiger partial charge >= 0.3 is 12.4 Å². The maximum absolute atomic E-state index is 13.7. The lowest BCUT2D eigenvalue weighted by molar-refractivity contribution is -0.142. The lowest BCUT2D eigenvalue weighted by Crippen LogP contribution is -2.11. The number of alkyl halides is 6. The Morgan fingerprint density at radius 1 is 0.931 bits per heavy atom. The molecular weight excluding hydrogens is 462 g/mol. The summed E-state index contributed by atoms with van der Waals surface area (Å²) in [7, 11) is 0. The van der Waals surface area contributed by atoms with Crippen molar-refractivity contribution >= 4 is 26.8 Å². The van der Waals surface area contributed by atoms with Crippen LogP contribution in [0.1, 0.15) is 29.5 Å². The minimum Gasteiger partial charge on any atom is -0.354 e. The smallest absolute Gasteiger partial charge is 0.354 e. The Labute approximate surface area is 171 Å². The zero-order valence-corrected chi connectivity index (χ0v) is 16.6. The number of fused-ring (bicyclic) bond motifs is 1. The summed E-state index contributed by atoms with van der Waals surface area (Å²) < 4.78 is 81.5. The number of nitrogens with two attached hydrogens (primary N) is 1. The molecule has 0 bridgehead atoms. The molecule has 0 fully saturated rings. The van der Waals surface area contributed by atoms with Crippen molar-refractivity contribution in [1.82, 2.24) is 4.98 Å². The summed E-state index contributed by atoms with van der Waals surface area (Å²) in [6, 6.07) is 7.78. The quantitative estimate of drug-likeness (QED) is 0.303. The number of aromatic amines is 1. The van der Waals surface area contributed by atoms with Crippen LogP contribution in [0.3, 0.4) is 0 Å². The first kappa shape index (κ1) is 21.7. The third-order valence-electron chi connectivity index (χ3n) is 4.63. The van der Waals surface area contributed by atoms with E-state index in [1.54, 1.807) is 24.3 Å². The van der Waals surface area contributed by atoms with Gasteiger partial charge in [-0.1, -0.05) is 28.1 Å². The molecule has 0 spiro atoms. The number of benzene rings is 2. The number of hydrogen-bond donors (Lipinski definition) is 2. The lowest BCUT2D eigenvalue weighted by atomic mass is 9.96. The van der Waals surface area contributed by atoms with Gasteiger partial charge in [-0.05, 0) is 61.2 Å². The second kappa shape index (κ2) is 8.02. The van der Waals surface area contributed by atoms with Crippen LogP contribution in [0.4, 0.5) is 26.3 Å². The van der Waals surface area contributed by atoms with Gasteiger partial charge in [0.1, 0.15) is 0 Å². The minimum absolute atomic E-state index is 0.188. The number of hydrogen-bond acceptors (Lipinski definition) is 1. The highest BCUT2D eigenvalue weighted by atomic mass is 79.9. The third-order valence-corrected chi connectivity index (χ3v) is 5.12. The van der Waals surface area contributed by atoms with Crippen molar-refractivity contribution in [1.29, 1.82) is 0 Å². The number of aromatic nitrogens is 1. The molecule has 3 rings (SSSR count). The summed E-state index contributed by atoms with van der Waals surface area (Å²) in [6.45, 7) is 0.374. The molecule has 156 valence electrons. The van der Waals surface area contributed by atoms with Crippen molar-refractivity contribution < 1.29 is 26.3 Å². The number of aryl methyl sites for hydroxylation is 1. The van der Waals surface area contributed by atoms with E-state index in [9.17, 15) is 26.3 Å². The van der Waals surface area contributed by atoms with Gasteiger partial charge in [-0.15, -0.1) is 0 Å². The Balaban J connectivity index is 2.34. The van der Waals surface area contributed by atoms with E-state index in [0.29, 0.717) is 40.7 Å². The van der Waals surface area contributed by atoms with Crippen molar-refractivity contribution in [3.05, 3.63) is 57.6 Å². The average molecular weight is 479 g/mol. The molecule has 0 aliphatic heterocycles. The molecule has 2 nitrogen and oxygen atoms in total. The highest BCUT2D eigenvalue weighted by molar-refractivity contribution is 9.10. The molecule has 0 aliphatic rings. The molecule has 0 aliphatic carbocycles. The Morgan fingerprint density at radius 3 is 2.24 bits per heavy atom. The van der Waals surface area contributed by atoms with Gasteiger partial charge in [0.25, 0.3) is 0 Å². The van der Waals surface area contributed by atoms with Crippen LogP contribution < -0.4 is 5.73 Å². The third kappa shape index (κ3) is 4.61. The molecule has 3 aromatic rings. The van der Waals surface area contributed by atoms with Crippen LogP contribution in [-0.2, 0) is 18.8 Å². The highest BCUT2D eigenvalue weighted by Crippen LogP contribution is 2.44. The molecular formula is C20H17BrF6N2. The highest BCUT2D eigenvalue weighted by Gasteiger charge is 2.39. The summed E-state index contributed by atoms with van der Waals surface area (Å²) in [4.78, 5) is 2.81. The number of unbranched alkanes of at least 4 members (excludes halogenated alkanes) is 1. The van der Waals surface area contributed by atoms with Crippen LogP contribution in [0, 0.1) is 0 Å². The van der Waals surface area contributed by atoms with E-state index in [2.05, 4.69) is 20.9 Å². The van der Waals surface area contributed by atoms with Crippen LogP contribution in [0.15, 0.2) is 40.9 Å². The van der Waals surface area contributed by atoms with E-state index in [1.807, 2.05) is 0 Å². The molecule has 3 N–H and O–H groups in total. The summed E-state index contributed by atoms with van der Waals surface area (Å²) in [5, 5.41) is -0.225. The van der Waals surface area contributed by atoms with Gasteiger partial charge < -0.3 is 10.7 Å². The van der Waals surface area contributed by atoms with Gasteiger partial charge in [0.15, 0.2) is 0 Å². The molecule has 29 heavy (non-hydrogen) atoms. The molecule has 0 amide bonds. The molecule has 1 aromatic heterocycles. The summed E-state index contributed by atoms with van der Waals surface area (Å²) in [5.41, 5.74) is 3.98. The molecule has 2 aromatic carbocycles. The van der Waals surface area contributed by atoms with E-state index in [0.717, 1.165) is 6.07 Å². The Hall–Kier alpha value is -2.00. The molecule has 0 saturated carbocycles. The minimum atomic E-state index is -4.93. The van der Waals surface area contributed by atoms with E-state index >= 15 is 0 Å². The topological polar surface area (TPSA) is 41.8 Å². The van der Waals surface area contributed by atoms with Crippen molar-refractivity contribution in [3.8, 4) is 11.3 Å². The van der Waals surface area contributed by atoms with Gasteiger partial charge in [-0.25, -0.2) is 0 Å². The van der Waals surface area contributed by atoms with Crippen LogP contribution in [-0.4, -0.2) is 11.5 Å². The van der Waals surface area contributed by atoms with Crippen LogP contribution in [0.25, 0.3) is 22.2 Å². The van der Waals surface area contributed by atoms with Gasteiger partial charge in [0.2, 0.25) is 0 Å². The van der Waals surface area contributed by atoms with Crippen LogP contribution >= 0.6 is 15.9 Å². The largest absolute Gasteiger partial charge is 0.417 e. The molecule has 0 unspecified atom stereocenters. The predicted molar refractivity (Wildman–Crippen MR) is 103 cm³/mol. The van der Waals surface area contributed by atoms with Crippen molar-refractivity contribution in [2.75, 3.05) is 6.54 Å². The number of nitrogens with one attached hydrogen (secondary N) is 1. The Morgan fingerprint density at radius 2 is 1.66 bits per heavy atom. The standard InChI is InChI=1S/C20H17BrF6N2/c21-13-5-3-4-11(8-13)18-14(6-1-2-7-28)17-15(20(25,26)27)9-12(19(22,23)24)10-16(17)29-18/h3-5,8-10,29H,1-2,6-7,28H2. The normalized spacial score (nSPS) is 12.7. The first-order valence-corrected chi connectivity index (χ1v) is 9.60. The van der Waals surface area contributed by atoms with Crippen LogP contribution in [0.5, 0.6) is 0 Å². The molecule has 1 heterocycles. The molecule has 0 radical (unpaired) electrons. The fourth-order valence-electron chi connectivity index (χ4n) is 3.37. The Kier molecular flexibility index (Phi) is 6.01. The zero-order chi connectivity index (χ0) is 21.4. The molecule has 9 heteroatoms. The van der Waals surface area contributed by atoms with Crippen LogP contribution in [0.2, 0.25) is 0 Å². The summed E-state index contributed by atoms with van der Waals surface area (Å²) in [5.74, 6) is 0. The number of halogens is 7. The van der Waals surface area contributed by atoms with E-state index in [4.69, 9.17) is 5.73 Å². The van der Waals surface area contributed by atoms with Crippen molar-refractivity contribution in [3.63, 3.8) is 0 Å². The van der Waals surface area contributed by atoms with E-state index in [1.165, 1.54) is 0 Å². The monoisotopic (exact) mass is 478 g/mol. The maximum atomic E-state index is 13.7. The van der Waals surface area contributed by atoms with Crippen molar-refractivity contribution in [2.45, 2.75) is 31.6 Å². The molecule has 0 saturated heterocycles. The SMILES string of the molecule is NCCCCc1c(-c2cccc(Br)c2)[nH]c2cc(C(F)(F)F)cc(C(F)(F)F)c12. The molecule has 0 atom stereocenters. The maximum Gasteiger partial charge on any atom is 0.417 e. The van der Waals surface area contributed by atoms with Gasteiger partial charge in [0.05, 0.1) is 11.1 Å². The summed E-state index contributed by atoms with van der Waals surface area (Å²) in [6.07, 6.45) is -8.46. The van der Waals surface area contributed by atoms with Gasteiger partial charge in [-0.2, -0.15) is 26.3 Å². The second-order valence-corrected chi connectivity index (χ2v) is 7.59. The fraction of sp³-hybridized carbons (Fsp3) is 0.300. The first-order chi connectivity index (χ1) is 13.5. The predicted octanol–water partition coefficient (Wildman–Crippen LogP) is 6.92. The summed E-state index contributed by atoms with van der Waals surface area (Å²) >= 11 is 3.32. The Bertz CT molecular complexity index is 1020. The number of H-pyrrole nitrogens is 1.